The molecular formula is C24H33N3O3. The number of likely N-dealkylation sites (N-methyl/N-ethyl adjacent to an activating group) is 2. The van der Waals surface area contributed by atoms with Crippen LogP contribution in [-0.4, -0.2) is 61.4 Å². The van der Waals surface area contributed by atoms with Crippen LogP contribution in [-0.2, 0) is 16.0 Å². The van der Waals surface area contributed by atoms with Gasteiger partial charge in [0.2, 0.25) is 11.8 Å². The average Bonchev–Trinajstić information content (AvgIpc) is 2.76. The van der Waals surface area contributed by atoms with Crippen molar-refractivity contribution in [1.29, 1.82) is 0 Å². The first-order chi connectivity index (χ1) is 14.4. The number of para-hydroxylation sites is 2. The summed E-state index contributed by atoms with van der Waals surface area (Å²) in [6, 6.07) is 17.1. The van der Waals surface area contributed by atoms with E-state index in [0.29, 0.717) is 6.61 Å². The summed E-state index contributed by atoms with van der Waals surface area (Å²) in [7, 11) is 3.58. The van der Waals surface area contributed by atoms with Gasteiger partial charge in [0.05, 0.1) is 19.2 Å². The number of ether oxygens (including phenoxy) is 1. The van der Waals surface area contributed by atoms with Gasteiger partial charge in [0.1, 0.15) is 5.75 Å². The van der Waals surface area contributed by atoms with E-state index < -0.39 is 0 Å². The number of carbonyl (C=O) groups excluding carboxylic acids is 2. The third-order valence-electron chi connectivity index (χ3n) is 5.11. The number of rotatable bonds is 11. The van der Waals surface area contributed by atoms with E-state index in [0.717, 1.165) is 36.4 Å². The van der Waals surface area contributed by atoms with Crippen molar-refractivity contribution in [2.45, 2.75) is 32.7 Å². The molecule has 30 heavy (non-hydrogen) atoms. The molecule has 0 spiro atoms. The van der Waals surface area contributed by atoms with Crippen LogP contribution in [0.4, 0.5) is 5.69 Å². The van der Waals surface area contributed by atoms with Crippen molar-refractivity contribution >= 4 is 17.5 Å². The average molecular weight is 412 g/mol. The third-order valence-corrected chi connectivity index (χ3v) is 5.11. The van der Waals surface area contributed by atoms with Gasteiger partial charge in [-0.25, -0.2) is 0 Å². The second-order valence-corrected chi connectivity index (χ2v) is 7.42. The molecule has 0 radical (unpaired) electrons. The highest BCUT2D eigenvalue weighted by Gasteiger charge is 2.23. The van der Waals surface area contributed by atoms with Gasteiger partial charge in [0, 0.05) is 19.3 Å². The quantitative estimate of drug-likeness (QED) is 0.576. The van der Waals surface area contributed by atoms with Crippen LogP contribution in [0.3, 0.4) is 0 Å². The highest BCUT2D eigenvalue weighted by atomic mass is 16.5. The van der Waals surface area contributed by atoms with E-state index in [-0.39, 0.29) is 24.4 Å². The maximum absolute atomic E-state index is 12.7. The monoisotopic (exact) mass is 411 g/mol. The fourth-order valence-electron chi connectivity index (χ4n) is 3.16. The van der Waals surface area contributed by atoms with Crippen LogP contribution >= 0.6 is 0 Å². The van der Waals surface area contributed by atoms with Gasteiger partial charge in [-0.05, 0) is 50.6 Å². The van der Waals surface area contributed by atoms with Crippen LogP contribution in [0.15, 0.2) is 54.6 Å². The molecule has 1 unspecified atom stereocenters. The first-order valence-electron chi connectivity index (χ1n) is 10.4. The van der Waals surface area contributed by atoms with Crippen LogP contribution in [0.1, 0.15) is 25.8 Å². The molecule has 6 nitrogen and oxygen atoms in total. The van der Waals surface area contributed by atoms with Gasteiger partial charge >= 0.3 is 0 Å². The Morgan fingerprint density at radius 3 is 2.40 bits per heavy atom. The van der Waals surface area contributed by atoms with Gasteiger partial charge in [0.25, 0.3) is 0 Å². The second kappa shape index (κ2) is 12.0. The van der Waals surface area contributed by atoms with E-state index in [4.69, 9.17) is 4.74 Å². The Labute approximate surface area is 179 Å². The van der Waals surface area contributed by atoms with Gasteiger partial charge in [-0.15, -0.1) is 0 Å². The summed E-state index contributed by atoms with van der Waals surface area (Å²) in [5.74, 6) is 0.568. The number of aryl methyl sites for hydroxylation is 1. The molecule has 162 valence electrons. The first-order valence-corrected chi connectivity index (χ1v) is 10.4. The predicted molar refractivity (Wildman–Crippen MR) is 121 cm³/mol. The topological polar surface area (TPSA) is 61.9 Å². The SMILES string of the molecule is CCc1ccccc1NC(=O)CN(C)C(=O)C(C)N(C)CCCOc1ccccc1. The minimum Gasteiger partial charge on any atom is -0.494 e. The lowest BCUT2D eigenvalue weighted by Crippen LogP contribution is -2.46. The van der Waals surface area contributed by atoms with E-state index in [1.54, 1.807) is 7.05 Å². The maximum atomic E-state index is 12.7. The molecule has 0 saturated carbocycles. The van der Waals surface area contributed by atoms with Gasteiger partial charge in [-0.1, -0.05) is 43.3 Å². The summed E-state index contributed by atoms with van der Waals surface area (Å²) in [5, 5.41) is 2.91. The van der Waals surface area contributed by atoms with Crippen LogP contribution in [0, 0.1) is 0 Å². The zero-order chi connectivity index (χ0) is 21.9. The number of nitrogens with zero attached hydrogens (tertiary/aromatic N) is 2. The molecule has 2 rings (SSSR count). The van der Waals surface area contributed by atoms with Crippen molar-refractivity contribution in [2.24, 2.45) is 0 Å². The zero-order valence-electron chi connectivity index (χ0n) is 18.4. The number of carbonyl (C=O) groups is 2. The molecule has 0 aliphatic carbocycles. The summed E-state index contributed by atoms with van der Waals surface area (Å²) < 4.78 is 5.70. The molecule has 0 fully saturated rings. The van der Waals surface area contributed by atoms with Crippen molar-refractivity contribution in [3.8, 4) is 5.75 Å². The Hall–Kier alpha value is -2.86. The molecule has 0 aliphatic rings. The highest BCUT2D eigenvalue weighted by molar-refractivity contribution is 5.95. The Morgan fingerprint density at radius 1 is 1.03 bits per heavy atom. The summed E-state index contributed by atoms with van der Waals surface area (Å²) in [4.78, 5) is 28.6. The Bertz CT molecular complexity index is 810. The second-order valence-electron chi connectivity index (χ2n) is 7.42. The summed E-state index contributed by atoms with van der Waals surface area (Å²) in [5.41, 5.74) is 1.88. The lowest BCUT2D eigenvalue weighted by atomic mass is 10.1. The maximum Gasteiger partial charge on any atom is 0.243 e. The van der Waals surface area contributed by atoms with Crippen molar-refractivity contribution in [2.75, 3.05) is 39.1 Å². The largest absolute Gasteiger partial charge is 0.494 e. The van der Waals surface area contributed by atoms with E-state index in [1.807, 2.05) is 80.4 Å². The van der Waals surface area contributed by atoms with Crippen LogP contribution in [0.2, 0.25) is 0 Å². The van der Waals surface area contributed by atoms with Gasteiger partial charge in [-0.2, -0.15) is 0 Å². The number of nitrogens with one attached hydrogen (secondary N) is 1. The predicted octanol–water partition coefficient (Wildman–Crippen LogP) is 3.44. The molecule has 0 saturated heterocycles. The van der Waals surface area contributed by atoms with Crippen molar-refractivity contribution in [3.63, 3.8) is 0 Å². The fraction of sp³-hybridized carbons (Fsp3) is 0.417. The fourth-order valence-corrected chi connectivity index (χ4v) is 3.16. The molecular weight excluding hydrogens is 378 g/mol. The van der Waals surface area contributed by atoms with Crippen LogP contribution < -0.4 is 10.1 Å². The lowest BCUT2D eigenvalue weighted by molar-refractivity contribution is -0.137. The minimum absolute atomic E-state index is 0.0200. The number of benzene rings is 2. The summed E-state index contributed by atoms with van der Waals surface area (Å²) >= 11 is 0. The molecule has 6 heteroatoms. The summed E-state index contributed by atoms with van der Waals surface area (Å²) in [6.45, 7) is 5.24. The van der Waals surface area contributed by atoms with E-state index in [1.165, 1.54) is 4.90 Å². The smallest absolute Gasteiger partial charge is 0.243 e. The summed E-state index contributed by atoms with van der Waals surface area (Å²) in [6.07, 6.45) is 1.64. The highest BCUT2D eigenvalue weighted by Crippen LogP contribution is 2.15. The molecule has 2 aromatic rings. The molecule has 0 aromatic heterocycles. The van der Waals surface area contributed by atoms with E-state index in [2.05, 4.69) is 5.32 Å². The van der Waals surface area contributed by atoms with Crippen molar-refractivity contribution in [1.82, 2.24) is 9.80 Å². The molecule has 2 aromatic carbocycles. The van der Waals surface area contributed by atoms with E-state index in [9.17, 15) is 9.59 Å². The van der Waals surface area contributed by atoms with E-state index >= 15 is 0 Å². The first kappa shape index (κ1) is 23.4. The normalized spacial score (nSPS) is 11.8. The number of hydrogen-bond acceptors (Lipinski definition) is 4. The lowest BCUT2D eigenvalue weighted by Gasteiger charge is -2.28. The molecule has 2 amide bonds. The van der Waals surface area contributed by atoms with Crippen molar-refractivity contribution < 1.29 is 14.3 Å². The van der Waals surface area contributed by atoms with Crippen molar-refractivity contribution in [3.05, 3.63) is 60.2 Å². The molecule has 1 atom stereocenters. The number of amides is 2. The van der Waals surface area contributed by atoms with Gasteiger partial charge < -0.3 is 15.0 Å². The van der Waals surface area contributed by atoms with Crippen LogP contribution in [0.25, 0.3) is 0 Å². The minimum atomic E-state index is -0.317. The Balaban J connectivity index is 1.76. The Kier molecular flexibility index (Phi) is 9.35. The number of hydrogen-bond donors (Lipinski definition) is 1. The molecule has 1 N–H and O–H groups in total. The number of anilines is 1. The molecule has 0 heterocycles. The van der Waals surface area contributed by atoms with Crippen LogP contribution in [0.5, 0.6) is 5.75 Å². The Morgan fingerprint density at radius 2 is 1.70 bits per heavy atom. The zero-order valence-corrected chi connectivity index (χ0v) is 18.4. The van der Waals surface area contributed by atoms with Gasteiger partial charge in [0.15, 0.2) is 0 Å². The standard InChI is InChI=1S/C24H33N3O3/c1-5-20-12-9-10-15-22(20)25-23(28)18-27(4)24(29)19(2)26(3)16-11-17-30-21-13-7-6-8-14-21/h6-10,12-15,19H,5,11,16-18H2,1-4H3,(H,25,28). The van der Waals surface area contributed by atoms with Gasteiger partial charge in [-0.3, -0.25) is 14.5 Å². The molecule has 0 aliphatic heterocycles. The third kappa shape index (κ3) is 7.19. The molecule has 0 bridgehead atoms.